The van der Waals surface area contributed by atoms with Crippen LogP contribution < -0.4 is 4.74 Å². The van der Waals surface area contributed by atoms with Crippen molar-refractivity contribution in [2.24, 2.45) is 11.8 Å². The van der Waals surface area contributed by atoms with Crippen LogP contribution >= 0.6 is 0 Å². The fraction of sp³-hybridized carbons (Fsp3) is 0.619. The molecule has 3 rings (SSSR count). The number of halogens is 5. The molecule has 1 aromatic carbocycles. The van der Waals surface area contributed by atoms with Gasteiger partial charge in [-0.1, -0.05) is 32.6 Å². The number of ether oxygens (including phenoxy) is 2. The predicted molar refractivity (Wildman–Crippen MR) is 94.4 cm³/mol. The van der Waals surface area contributed by atoms with E-state index in [0.29, 0.717) is 24.5 Å². The average Bonchev–Trinajstić information content (AvgIpc) is 2.67. The van der Waals surface area contributed by atoms with Crippen molar-refractivity contribution in [1.29, 1.82) is 0 Å². The average molecular weight is 404 g/mol. The summed E-state index contributed by atoms with van der Waals surface area (Å²) in [4.78, 5) is 0. The highest BCUT2D eigenvalue weighted by Gasteiger charge is 2.41. The van der Waals surface area contributed by atoms with Crippen LogP contribution in [0.2, 0.25) is 0 Å². The molecule has 2 aliphatic rings. The van der Waals surface area contributed by atoms with Crippen LogP contribution in [0.3, 0.4) is 0 Å². The molecule has 1 aliphatic carbocycles. The Balaban J connectivity index is 1.59. The first-order valence-corrected chi connectivity index (χ1v) is 9.86. The molecule has 156 valence electrons. The zero-order chi connectivity index (χ0) is 20.3. The van der Waals surface area contributed by atoms with Crippen LogP contribution in [0.1, 0.15) is 58.3 Å². The molecule has 1 fully saturated rings. The summed E-state index contributed by atoms with van der Waals surface area (Å²) in [6.45, 7) is 2.18. The van der Waals surface area contributed by atoms with Crippen LogP contribution in [0, 0.1) is 29.3 Å². The fourth-order valence-corrected chi connectivity index (χ4v) is 4.22. The van der Waals surface area contributed by atoms with Crippen molar-refractivity contribution in [1.82, 2.24) is 0 Å². The summed E-state index contributed by atoms with van der Waals surface area (Å²) >= 11 is 0. The summed E-state index contributed by atoms with van der Waals surface area (Å²) in [6.07, 6.45) is 4.43. The molecule has 1 unspecified atom stereocenters. The third kappa shape index (κ3) is 4.78. The van der Waals surface area contributed by atoms with Gasteiger partial charge in [-0.05, 0) is 37.5 Å². The summed E-state index contributed by atoms with van der Waals surface area (Å²) < 4.78 is 78.1. The second kappa shape index (κ2) is 8.70. The molecule has 0 aromatic heterocycles. The largest absolute Gasteiger partial charge is 0.497 e. The first-order chi connectivity index (χ1) is 13.3. The van der Waals surface area contributed by atoms with Gasteiger partial charge in [0.25, 0.3) is 0 Å². The van der Waals surface area contributed by atoms with Gasteiger partial charge in [-0.3, -0.25) is 0 Å². The van der Waals surface area contributed by atoms with Gasteiger partial charge in [-0.2, -0.15) is 8.78 Å². The molecular weight excluding hydrogens is 379 g/mol. The van der Waals surface area contributed by atoms with E-state index in [1.807, 2.05) is 0 Å². The van der Waals surface area contributed by atoms with Gasteiger partial charge in [0.15, 0.2) is 17.5 Å². The Hall–Kier alpha value is -1.79. The number of rotatable bonds is 6. The highest BCUT2D eigenvalue weighted by atomic mass is 19.3. The Morgan fingerprint density at radius 3 is 2.21 bits per heavy atom. The van der Waals surface area contributed by atoms with Crippen molar-refractivity contribution in [2.75, 3.05) is 0 Å². The van der Waals surface area contributed by atoms with E-state index in [9.17, 15) is 22.0 Å². The molecule has 1 aliphatic heterocycles. The van der Waals surface area contributed by atoms with E-state index < -0.39 is 34.9 Å². The van der Waals surface area contributed by atoms with E-state index in [1.54, 1.807) is 0 Å². The van der Waals surface area contributed by atoms with Gasteiger partial charge in [0.1, 0.15) is 11.9 Å². The third-order valence-electron chi connectivity index (χ3n) is 5.77. The first-order valence-electron chi connectivity index (χ1n) is 9.86. The van der Waals surface area contributed by atoms with Crippen LogP contribution in [0.5, 0.6) is 5.75 Å². The van der Waals surface area contributed by atoms with Crippen molar-refractivity contribution in [3.8, 4) is 5.75 Å². The third-order valence-corrected chi connectivity index (χ3v) is 5.77. The smallest absolute Gasteiger partial charge is 0.425 e. The maximum atomic E-state index is 14.4. The van der Waals surface area contributed by atoms with E-state index in [0.717, 1.165) is 37.9 Å². The summed E-state index contributed by atoms with van der Waals surface area (Å²) in [7, 11) is 0. The van der Waals surface area contributed by atoms with Gasteiger partial charge in [-0.15, -0.1) is 0 Å². The molecule has 1 aromatic rings. The number of benzene rings is 1. The zero-order valence-corrected chi connectivity index (χ0v) is 15.8. The van der Waals surface area contributed by atoms with Gasteiger partial charge in [-0.25, -0.2) is 13.2 Å². The van der Waals surface area contributed by atoms with E-state index in [-0.39, 0.29) is 12.5 Å². The standard InChI is InChI=1S/C21H25F5O2/c1-2-3-13-4-6-14(7-5-13)19-9-8-15(12-27-19)21(25,26)28-16-10-17(22)20(24)18(23)11-16/h10-14,19H,2-9H2,1H3. The second-order valence-corrected chi connectivity index (χ2v) is 7.75. The molecule has 0 saturated heterocycles. The summed E-state index contributed by atoms with van der Waals surface area (Å²) in [5.74, 6) is -4.56. The lowest BCUT2D eigenvalue weighted by Crippen LogP contribution is -2.34. The lowest BCUT2D eigenvalue weighted by molar-refractivity contribution is -0.150. The van der Waals surface area contributed by atoms with Gasteiger partial charge < -0.3 is 9.47 Å². The van der Waals surface area contributed by atoms with Gasteiger partial charge in [0, 0.05) is 12.1 Å². The van der Waals surface area contributed by atoms with Gasteiger partial charge >= 0.3 is 6.11 Å². The maximum absolute atomic E-state index is 14.4. The molecule has 0 bridgehead atoms. The molecular formula is C21H25F5O2. The number of hydrogen-bond acceptors (Lipinski definition) is 2. The SMILES string of the molecule is CCCC1CCC(C2CCC(C(F)(F)Oc3cc(F)c(F)c(F)c3)=CO2)CC1. The van der Waals surface area contributed by atoms with Crippen molar-refractivity contribution in [3.05, 3.63) is 41.4 Å². The summed E-state index contributed by atoms with van der Waals surface area (Å²) in [6, 6.07) is 0.794. The Labute approximate surface area is 161 Å². The Bertz CT molecular complexity index is 688. The van der Waals surface area contributed by atoms with Gasteiger partial charge in [0.2, 0.25) is 0 Å². The van der Waals surface area contributed by atoms with E-state index in [1.165, 1.54) is 12.8 Å². The topological polar surface area (TPSA) is 18.5 Å². The minimum Gasteiger partial charge on any atom is -0.497 e. The Kier molecular flexibility index (Phi) is 6.50. The molecule has 1 heterocycles. The Morgan fingerprint density at radius 2 is 1.68 bits per heavy atom. The van der Waals surface area contributed by atoms with Crippen LogP contribution in [-0.2, 0) is 4.74 Å². The molecule has 1 atom stereocenters. The minimum atomic E-state index is -3.79. The van der Waals surface area contributed by atoms with Crippen molar-refractivity contribution in [3.63, 3.8) is 0 Å². The summed E-state index contributed by atoms with van der Waals surface area (Å²) in [5.41, 5.74) is -0.395. The van der Waals surface area contributed by atoms with Crippen LogP contribution in [0.4, 0.5) is 22.0 Å². The molecule has 2 nitrogen and oxygen atoms in total. The van der Waals surface area contributed by atoms with Crippen LogP contribution in [0.25, 0.3) is 0 Å². The second-order valence-electron chi connectivity index (χ2n) is 7.75. The lowest BCUT2D eigenvalue weighted by Gasteiger charge is -2.36. The molecule has 0 radical (unpaired) electrons. The van der Waals surface area contributed by atoms with Gasteiger partial charge in [0.05, 0.1) is 11.8 Å². The minimum absolute atomic E-state index is 0.0682. The molecule has 0 spiro atoms. The lowest BCUT2D eigenvalue weighted by atomic mass is 9.76. The molecule has 28 heavy (non-hydrogen) atoms. The normalized spacial score (nSPS) is 25.8. The van der Waals surface area contributed by atoms with Crippen molar-refractivity contribution < 1.29 is 31.4 Å². The van der Waals surface area contributed by atoms with E-state index in [4.69, 9.17) is 4.74 Å². The highest BCUT2D eigenvalue weighted by Crippen LogP contribution is 2.40. The molecule has 0 amide bonds. The zero-order valence-electron chi connectivity index (χ0n) is 15.8. The number of alkyl halides is 2. The first kappa shape index (κ1) is 20.9. The number of hydrogen-bond donors (Lipinski definition) is 0. The molecule has 1 saturated carbocycles. The predicted octanol–water partition coefficient (Wildman–Crippen LogP) is 6.74. The van der Waals surface area contributed by atoms with Crippen molar-refractivity contribution in [2.45, 2.75) is 70.5 Å². The van der Waals surface area contributed by atoms with E-state index >= 15 is 0 Å². The molecule has 7 heteroatoms. The quantitative estimate of drug-likeness (QED) is 0.386. The maximum Gasteiger partial charge on any atom is 0.425 e. The molecule has 0 N–H and O–H groups in total. The van der Waals surface area contributed by atoms with Crippen LogP contribution in [-0.4, -0.2) is 12.2 Å². The fourth-order valence-electron chi connectivity index (χ4n) is 4.22. The van der Waals surface area contributed by atoms with Crippen molar-refractivity contribution >= 4 is 0 Å². The van der Waals surface area contributed by atoms with Crippen LogP contribution in [0.15, 0.2) is 24.0 Å². The van der Waals surface area contributed by atoms with E-state index in [2.05, 4.69) is 11.7 Å². The summed E-state index contributed by atoms with van der Waals surface area (Å²) in [5, 5.41) is 0. The highest BCUT2D eigenvalue weighted by molar-refractivity contribution is 5.27. The Morgan fingerprint density at radius 1 is 1.04 bits per heavy atom. The monoisotopic (exact) mass is 404 g/mol.